The van der Waals surface area contributed by atoms with E-state index in [2.05, 4.69) is 50.2 Å². The maximum Gasteiger partial charge on any atom is 0.393 e. The quantitative estimate of drug-likeness (QED) is 0.258. The molecule has 1 aromatic carbocycles. The van der Waals surface area contributed by atoms with Gasteiger partial charge in [0.15, 0.2) is 5.78 Å². The third kappa shape index (κ3) is 3.90. The third-order valence-electron chi connectivity index (χ3n) is 9.59. The van der Waals surface area contributed by atoms with Gasteiger partial charge in [0.2, 0.25) is 0 Å². The normalized spacial score (nSPS) is 32.2. The van der Waals surface area contributed by atoms with E-state index in [-0.39, 0.29) is 0 Å². The Hall–Kier alpha value is -2.14. The van der Waals surface area contributed by atoms with Gasteiger partial charge in [-0.25, -0.2) is 4.79 Å². The molecule has 1 aromatic rings. The van der Waals surface area contributed by atoms with Crippen molar-refractivity contribution in [1.29, 1.82) is 0 Å². The fraction of sp³-hybridized carbons (Fsp3) is 0.552. The molecule has 0 saturated heterocycles. The van der Waals surface area contributed by atoms with E-state index in [1.807, 2.05) is 6.08 Å². The molecule has 0 spiro atoms. The first-order valence-electron chi connectivity index (χ1n) is 12.6. The van der Waals surface area contributed by atoms with Crippen molar-refractivity contribution in [2.24, 2.45) is 27.8 Å². The minimum Gasteiger partial charge on any atom is -0.307 e. The molecule has 0 aromatic heterocycles. The van der Waals surface area contributed by atoms with Crippen LogP contribution in [0.15, 0.2) is 52.2 Å². The lowest BCUT2D eigenvalue weighted by atomic mass is 9.49. The number of hydrogen-bond donors (Lipinski definition) is 0. The molecule has 34 heavy (non-hydrogen) atoms. The minimum absolute atomic E-state index is 0.294. The van der Waals surface area contributed by atoms with E-state index >= 15 is 0 Å². The lowest BCUT2D eigenvalue weighted by Crippen LogP contribution is -2.46. The lowest BCUT2D eigenvalue weighted by molar-refractivity contribution is -0.114. The maximum atomic E-state index is 12.2. The Bertz CT molecular complexity index is 1100. The summed E-state index contributed by atoms with van der Waals surface area (Å²) in [5.74, 6) is 2.04. The van der Waals surface area contributed by atoms with Crippen molar-refractivity contribution in [2.75, 3.05) is 6.26 Å². The number of nitrogens with zero attached hydrogens (tertiary/aromatic N) is 1. The number of oxime groups is 1. The van der Waals surface area contributed by atoms with Crippen molar-refractivity contribution in [3.05, 3.63) is 58.2 Å². The number of allylic oxidation sites excluding steroid dienone is 4. The molecule has 180 valence electrons. The van der Waals surface area contributed by atoms with Gasteiger partial charge in [0, 0.05) is 12.3 Å². The Morgan fingerprint density at radius 1 is 1.12 bits per heavy atom. The van der Waals surface area contributed by atoms with Gasteiger partial charge in [0.1, 0.15) is 0 Å². The number of benzene rings is 1. The highest BCUT2D eigenvalue weighted by molar-refractivity contribution is 8.12. The number of hydrogen-bond acceptors (Lipinski definition) is 5. The monoisotopic (exact) mass is 477 g/mol. The molecule has 0 radical (unpaired) electrons. The Kier molecular flexibility index (Phi) is 6.12. The van der Waals surface area contributed by atoms with Crippen LogP contribution in [-0.2, 0) is 9.63 Å². The SMILES string of the molecule is CSC(=O)O/N=C/c1ccc(C2CC3(C)C(CCC3(C)C)C3CCC4=CC(=O)CCC4=C23)cc1. The fourth-order valence-corrected chi connectivity index (χ4v) is 7.52. The zero-order valence-electron chi connectivity index (χ0n) is 20.7. The predicted octanol–water partition coefficient (Wildman–Crippen LogP) is 7.45. The smallest absolute Gasteiger partial charge is 0.307 e. The van der Waals surface area contributed by atoms with E-state index in [0.29, 0.717) is 34.9 Å². The van der Waals surface area contributed by atoms with E-state index in [9.17, 15) is 9.59 Å². The van der Waals surface area contributed by atoms with Crippen LogP contribution in [0.4, 0.5) is 4.79 Å². The van der Waals surface area contributed by atoms with E-state index in [1.165, 1.54) is 42.4 Å². The zero-order chi connectivity index (χ0) is 24.1. The Labute approximate surface area is 207 Å². The predicted molar refractivity (Wildman–Crippen MR) is 138 cm³/mol. The molecule has 4 atom stereocenters. The van der Waals surface area contributed by atoms with Gasteiger partial charge in [0.25, 0.3) is 0 Å². The molecular formula is C29H35NO3S. The molecule has 0 heterocycles. The molecule has 5 rings (SSSR count). The highest BCUT2D eigenvalue weighted by Gasteiger charge is 2.59. The largest absolute Gasteiger partial charge is 0.393 e. The Morgan fingerprint density at radius 2 is 1.88 bits per heavy atom. The minimum atomic E-state index is -0.413. The number of rotatable bonds is 3. The highest BCUT2D eigenvalue weighted by Crippen LogP contribution is 2.69. The van der Waals surface area contributed by atoms with Crippen molar-refractivity contribution in [1.82, 2.24) is 0 Å². The molecule has 0 amide bonds. The van der Waals surface area contributed by atoms with Gasteiger partial charge < -0.3 is 4.84 Å². The Morgan fingerprint density at radius 3 is 2.62 bits per heavy atom. The van der Waals surface area contributed by atoms with Crippen LogP contribution in [0, 0.1) is 22.7 Å². The molecule has 4 nitrogen and oxygen atoms in total. The molecule has 0 bridgehead atoms. The number of fused-ring (bicyclic) bond motifs is 4. The zero-order valence-corrected chi connectivity index (χ0v) is 21.5. The second-order valence-electron chi connectivity index (χ2n) is 11.4. The molecule has 2 saturated carbocycles. The maximum absolute atomic E-state index is 12.2. The summed E-state index contributed by atoms with van der Waals surface area (Å²) in [5, 5.41) is 3.40. The summed E-state index contributed by atoms with van der Waals surface area (Å²) < 4.78 is 0. The molecule has 4 unspecified atom stereocenters. The van der Waals surface area contributed by atoms with Gasteiger partial charge in [-0.3, -0.25) is 4.79 Å². The number of ketones is 1. The van der Waals surface area contributed by atoms with Gasteiger partial charge in [-0.1, -0.05) is 55.8 Å². The number of carbonyl (C=O) groups excluding carboxylic acids is 2. The molecule has 4 aliphatic carbocycles. The van der Waals surface area contributed by atoms with Gasteiger partial charge in [-0.15, -0.1) is 0 Å². The number of thioether (sulfide) groups is 1. The first-order chi connectivity index (χ1) is 16.2. The molecular weight excluding hydrogens is 442 g/mol. The standard InChI is InChI=1S/C29H35NO3S/c1-28(2)14-13-25-23-11-9-20-15-21(31)10-12-22(20)26(23)24(16-29(25,28)3)19-7-5-18(6-8-19)17-30-33-27(32)34-4/h5-8,15,17,23-25H,9-14,16H2,1-4H3/b30-17+. The van der Waals surface area contributed by atoms with Gasteiger partial charge in [0.05, 0.1) is 6.21 Å². The first-order valence-corrected chi connectivity index (χ1v) is 13.8. The van der Waals surface area contributed by atoms with Crippen LogP contribution in [0.2, 0.25) is 0 Å². The van der Waals surface area contributed by atoms with Crippen LogP contribution >= 0.6 is 11.8 Å². The lowest BCUT2D eigenvalue weighted by Gasteiger charge is -2.55. The second kappa shape index (κ2) is 8.82. The van der Waals surface area contributed by atoms with E-state index in [4.69, 9.17) is 4.84 Å². The van der Waals surface area contributed by atoms with Crippen molar-refractivity contribution < 1.29 is 14.4 Å². The molecule has 4 aliphatic rings. The van der Waals surface area contributed by atoms with Gasteiger partial charge in [-0.05, 0) is 108 Å². The first kappa shape index (κ1) is 23.6. The van der Waals surface area contributed by atoms with Crippen molar-refractivity contribution >= 4 is 29.1 Å². The van der Waals surface area contributed by atoms with Crippen LogP contribution in [-0.4, -0.2) is 23.6 Å². The Balaban J connectivity index is 1.53. The molecule has 0 N–H and O–H groups in total. The third-order valence-corrected chi connectivity index (χ3v) is 9.99. The molecule has 0 aliphatic heterocycles. The summed E-state index contributed by atoms with van der Waals surface area (Å²) in [4.78, 5) is 28.3. The van der Waals surface area contributed by atoms with Crippen LogP contribution in [0.3, 0.4) is 0 Å². The van der Waals surface area contributed by atoms with Crippen LogP contribution in [0.1, 0.15) is 82.8 Å². The summed E-state index contributed by atoms with van der Waals surface area (Å²) in [7, 11) is 0. The summed E-state index contributed by atoms with van der Waals surface area (Å²) in [5.41, 5.74) is 7.37. The highest BCUT2D eigenvalue weighted by atomic mass is 32.2. The van der Waals surface area contributed by atoms with Crippen LogP contribution in [0.25, 0.3) is 0 Å². The van der Waals surface area contributed by atoms with E-state index in [0.717, 1.165) is 36.1 Å². The van der Waals surface area contributed by atoms with Crippen LogP contribution in [0.5, 0.6) is 0 Å². The average molecular weight is 478 g/mol. The second-order valence-corrected chi connectivity index (χ2v) is 12.1. The van der Waals surface area contributed by atoms with Crippen molar-refractivity contribution in [3.8, 4) is 0 Å². The average Bonchev–Trinajstić information content (AvgIpc) is 3.07. The topological polar surface area (TPSA) is 55.7 Å². The summed E-state index contributed by atoms with van der Waals surface area (Å²) in [6.07, 6.45) is 12.8. The summed E-state index contributed by atoms with van der Waals surface area (Å²) in [6.45, 7) is 7.51. The van der Waals surface area contributed by atoms with Crippen molar-refractivity contribution in [3.63, 3.8) is 0 Å². The fourth-order valence-electron chi connectivity index (χ4n) is 7.40. The van der Waals surface area contributed by atoms with E-state index < -0.39 is 5.30 Å². The van der Waals surface area contributed by atoms with Gasteiger partial charge in [-0.2, -0.15) is 0 Å². The summed E-state index contributed by atoms with van der Waals surface area (Å²) >= 11 is 1.00. The van der Waals surface area contributed by atoms with Crippen molar-refractivity contribution in [2.45, 2.75) is 71.6 Å². The van der Waals surface area contributed by atoms with Gasteiger partial charge >= 0.3 is 5.30 Å². The molecule has 5 heteroatoms. The van der Waals surface area contributed by atoms with E-state index in [1.54, 1.807) is 18.0 Å². The number of carbonyl (C=O) groups is 2. The molecule has 2 fully saturated rings. The van der Waals surface area contributed by atoms with Crippen LogP contribution < -0.4 is 0 Å². The summed E-state index contributed by atoms with van der Waals surface area (Å²) in [6, 6.07) is 8.60.